The van der Waals surface area contributed by atoms with Crippen molar-refractivity contribution in [1.29, 1.82) is 0 Å². The van der Waals surface area contributed by atoms with Gasteiger partial charge < -0.3 is 9.47 Å². The van der Waals surface area contributed by atoms with Crippen LogP contribution in [0.2, 0.25) is 0 Å². The topological polar surface area (TPSA) is 77.2 Å². The van der Waals surface area contributed by atoms with E-state index in [9.17, 15) is 4.79 Å². The lowest BCUT2D eigenvalue weighted by atomic mass is 10.2. The Morgan fingerprint density at radius 3 is 2.73 bits per heavy atom. The lowest BCUT2D eigenvalue weighted by Gasteiger charge is -2.07. The molecule has 2 heterocycles. The summed E-state index contributed by atoms with van der Waals surface area (Å²) in [5.41, 5.74) is 6.09. The quantitative estimate of drug-likeness (QED) is 0.566. The number of imidazole rings is 1. The van der Waals surface area contributed by atoms with E-state index in [2.05, 4.69) is 15.5 Å². The number of hydrazone groups is 1. The third kappa shape index (κ3) is 3.37. The van der Waals surface area contributed by atoms with Crippen LogP contribution in [0.25, 0.3) is 5.65 Å². The minimum absolute atomic E-state index is 0.335. The summed E-state index contributed by atoms with van der Waals surface area (Å²) in [5.74, 6) is 0.968. The zero-order valence-electron chi connectivity index (χ0n) is 15.1. The number of carbonyl (C=O) groups excluding carboxylic acids is 1. The van der Waals surface area contributed by atoms with Gasteiger partial charge in [0.05, 0.1) is 26.1 Å². The fourth-order valence-electron chi connectivity index (χ4n) is 2.70. The highest BCUT2D eigenvalue weighted by atomic mass is 16.5. The monoisotopic (exact) mass is 352 g/mol. The first-order chi connectivity index (χ1) is 12.5. The number of hydrogen-bond donors (Lipinski definition) is 1. The van der Waals surface area contributed by atoms with Gasteiger partial charge in [0.2, 0.25) is 0 Å². The Labute approximate surface area is 151 Å². The van der Waals surface area contributed by atoms with Crippen molar-refractivity contribution < 1.29 is 14.3 Å². The van der Waals surface area contributed by atoms with Crippen molar-refractivity contribution in [2.24, 2.45) is 5.10 Å². The van der Waals surface area contributed by atoms with E-state index in [0.717, 1.165) is 11.2 Å². The minimum atomic E-state index is -0.335. The first-order valence-electron chi connectivity index (χ1n) is 8.04. The van der Waals surface area contributed by atoms with Crippen LogP contribution in [0.3, 0.4) is 0 Å². The summed E-state index contributed by atoms with van der Waals surface area (Å²) in [5, 5.41) is 4.05. The van der Waals surface area contributed by atoms with Crippen LogP contribution in [-0.4, -0.2) is 35.7 Å². The number of rotatable bonds is 5. The molecular weight excluding hydrogens is 332 g/mol. The molecule has 26 heavy (non-hydrogen) atoms. The number of methoxy groups -OCH3 is 2. The third-order valence-corrected chi connectivity index (χ3v) is 3.96. The summed E-state index contributed by atoms with van der Waals surface area (Å²) in [6.07, 6.45) is 3.39. The number of ether oxygens (including phenoxy) is 2. The fraction of sp³-hybridized carbons (Fsp3) is 0.211. The molecule has 1 N–H and O–H groups in total. The van der Waals surface area contributed by atoms with Crippen molar-refractivity contribution in [3.05, 3.63) is 59.0 Å². The van der Waals surface area contributed by atoms with E-state index in [0.29, 0.717) is 28.5 Å². The second-order valence-electron chi connectivity index (χ2n) is 5.79. The van der Waals surface area contributed by atoms with Gasteiger partial charge in [-0.3, -0.25) is 9.20 Å². The number of aromatic nitrogens is 2. The highest BCUT2D eigenvalue weighted by Gasteiger charge is 2.16. The summed E-state index contributed by atoms with van der Waals surface area (Å²) in [4.78, 5) is 17.0. The third-order valence-electron chi connectivity index (χ3n) is 3.96. The molecule has 1 aromatic carbocycles. The summed E-state index contributed by atoms with van der Waals surface area (Å²) in [7, 11) is 3.15. The number of pyridine rings is 1. The zero-order valence-corrected chi connectivity index (χ0v) is 15.1. The Hall–Kier alpha value is -3.35. The molecule has 0 radical (unpaired) electrons. The molecular formula is C19H20N4O3. The van der Waals surface area contributed by atoms with Gasteiger partial charge in [-0.1, -0.05) is 6.07 Å². The van der Waals surface area contributed by atoms with Gasteiger partial charge in [-0.25, -0.2) is 10.4 Å². The van der Waals surface area contributed by atoms with Crippen LogP contribution in [0.5, 0.6) is 11.5 Å². The molecule has 3 rings (SSSR count). The standard InChI is InChI=1S/C19H20N4O3/c1-12-5-8-17-21-13(2)18(23(17)11-12)19(24)22-20-10-14-9-15(25-3)6-7-16(14)26-4/h5-11H,1-4H3,(H,22,24)/b20-10-. The van der Waals surface area contributed by atoms with E-state index < -0.39 is 0 Å². The average Bonchev–Trinajstić information content (AvgIpc) is 2.96. The molecule has 7 heteroatoms. The molecule has 0 saturated heterocycles. The molecule has 0 aliphatic carbocycles. The maximum atomic E-state index is 12.6. The molecule has 7 nitrogen and oxygen atoms in total. The normalized spacial score (nSPS) is 11.1. The molecule has 0 bridgehead atoms. The molecule has 0 saturated carbocycles. The SMILES string of the molecule is COc1ccc(OC)c(/C=N\NC(=O)c2c(C)nc3ccc(C)cn23)c1. The van der Waals surface area contributed by atoms with Crippen LogP contribution in [-0.2, 0) is 0 Å². The zero-order chi connectivity index (χ0) is 18.7. The van der Waals surface area contributed by atoms with Gasteiger partial charge in [0.1, 0.15) is 22.8 Å². The second kappa shape index (κ2) is 7.26. The van der Waals surface area contributed by atoms with Crippen molar-refractivity contribution in [3.63, 3.8) is 0 Å². The Bertz CT molecular complexity index is 992. The number of hydrogen-bond acceptors (Lipinski definition) is 5. The summed E-state index contributed by atoms with van der Waals surface area (Å²) in [6.45, 7) is 3.76. The van der Waals surface area contributed by atoms with Gasteiger partial charge in [0.25, 0.3) is 5.91 Å². The molecule has 0 atom stereocenters. The van der Waals surface area contributed by atoms with Crippen LogP contribution in [0.15, 0.2) is 41.6 Å². The Morgan fingerprint density at radius 1 is 1.19 bits per heavy atom. The van der Waals surface area contributed by atoms with Crippen LogP contribution in [0.1, 0.15) is 27.3 Å². The second-order valence-corrected chi connectivity index (χ2v) is 5.79. The Morgan fingerprint density at radius 2 is 2.00 bits per heavy atom. The van der Waals surface area contributed by atoms with Crippen LogP contribution in [0.4, 0.5) is 0 Å². The van der Waals surface area contributed by atoms with Gasteiger partial charge >= 0.3 is 0 Å². The summed E-state index contributed by atoms with van der Waals surface area (Å²) < 4.78 is 12.3. The number of fused-ring (bicyclic) bond motifs is 1. The van der Waals surface area contributed by atoms with E-state index >= 15 is 0 Å². The van der Waals surface area contributed by atoms with Crippen molar-refractivity contribution in [1.82, 2.24) is 14.8 Å². The van der Waals surface area contributed by atoms with E-state index in [1.807, 2.05) is 25.3 Å². The fourth-order valence-corrected chi connectivity index (χ4v) is 2.70. The molecule has 2 aromatic heterocycles. The van der Waals surface area contributed by atoms with Gasteiger partial charge in [-0.2, -0.15) is 5.10 Å². The lowest BCUT2D eigenvalue weighted by Crippen LogP contribution is -2.20. The highest BCUT2D eigenvalue weighted by molar-refractivity contribution is 5.95. The average molecular weight is 352 g/mol. The summed E-state index contributed by atoms with van der Waals surface area (Å²) >= 11 is 0. The van der Waals surface area contributed by atoms with Crippen molar-refractivity contribution in [3.8, 4) is 11.5 Å². The van der Waals surface area contributed by atoms with Crippen molar-refractivity contribution in [2.75, 3.05) is 14.2 Å². The number of nitrogens with zero attached hydrogens (tertiary/aromatic N) is 3. The molecule has 0 spiro atoms. The van der Waals surface area contributed by atoms with Crippen LogP contribution in [0, 0.1) is 13.8 Å². The van der Waals surface area contributed by atoms with Crippen molar-refractivity contribution >= 4 is 17.8 Å². The lowest BCUT2D eigenvalue weighted by molar-refractivity contribution is 0.0948. The van der Waals surface area contributed by atoms with Crippen molar-refractivity contribution in [2.45, 2.75) is 13.8 Å². The van der Waals surface area contributed by atoms with Gasteiger partial charge in [-0.15, -0.1) is 0 Å². The maximum absolute atomic E-state index is 12.6. The van der Waals surface area contributed by atoms with E-state index in [1.54, 1.807) is 43.7 Å². The van der Waals surface area contributed by atoms with E-state index in [-0.39, 0.29) is 5.91 Å². The first kappa shape index (κ1) is 17.5. The summed E-state index contributed by atoms with van der Waals surface area (Å²) in [6, 6.07) is 9.18. The highest BCUT2D eigenvalue weighted by Crippen LogP contribution is 2.22. The van der Waals surface area contributed by atoms with Gasteiger partial charge in [0, 0.05) is 11.8 Å². The molecule has 0 aliphatic rings. The van der Waals surface area contributed by atoms with E-state index in [4.69, 9.17) is 9.47 Å². The number of amides is 1. The molecule has 0 unspecified atom stereocenters. The van der Waals surface area contributed by atoms with Crippen LogP contribution < -0.4 is 14.9 Å². The largest absolute Gasteiger partial charge is 0.497 e. The Kier molecular flexibility index (Phi) is 4.88. The molecule has 0 aliphatic heterocycles. The number of nitrogens with one attached hydrogen (secondary N) is 1. The van der Waals surface area contributed by atoms with Gasteiger partial charge in [-0.05, 0) is 43.7 Å². The van der Waals surface area contributed by atoms with Gasteiger partial charge in [0.15, 0.2) is 0 Å². The maximum Gasteiger partial charge on any atom is 0.290 e. The molecule has 3 aromatic rings. The smallest absolute Gasteiger partial charge is 0.290 e. The predicted octanol–water partition coefficient (Wildman–Crippen LogP) is 2.73. The Balaban J connectivity index is 1.85. The number of benzene rings is 1. The number of carbonyl (C=O) groups is 1. The molecule has 1 amide bonds. The predicted molar refractivity (Wildman–Crippen MR) is 99.3 cm³/mol. The van der Waals surface area contributed by atoms with Crippen LogP contribution >= 0.6 is 0 Å². The molecule has 134 valence electrons. The number of aryl methyl sites for hydroxylation is 2. The minimum Gasteiger partial charge on any atom is -0.497 e. The first-order valence-corrected chi connectivity index (χ1v) is 8.04. The molecule has 0 fully saturated rings. The van der Waals surface area contributed by atoms with E-state index in [1.165, 1.54) is 6.21 Å².